The maximum absolute atomic E-state index is 12.9. The van der Waals surface area contributed by atoms with E-state index in [0.29, 0.717) is 18.8 Å². The number of hydrogen-bond donors (Lipinski definition) is 1. The molecule has 9 heteroatoms. The SMILES string of the molecule is CC(C)C(=O)N1CCN(C(=O)c2cc(C(C)C)[nH]n2)[C@H]2CS(=O)(=O)C[C@H]21. The van der Waals surface area contributed by atoms with E-state index in [1.165, 1.54) is 0 Å². The average Bonchev–Trinajstić information content (AvgIpc) is 3.15. The summed E-state index contributed by atoms with van der Waals surface area (Å²) in [6.07, 6.45) is 0. The van der Waals surface area contributed by atoms with Crippen LogP contribution in [0.1, 0.15) is 49.8 Å². The van der Waals surface area contributed by atoms with E-state index in [0.717, 1.165) is 5.69 Å². The molecule has 0 aliphatic carbocycles. The molecule has 1 aromatic heterocycles. The smallest absolute Gasteiger partial charge is 0.274 e. The Hall–Kier alpha value is -1.90. The van der Waals surface area contributed by atoms with Crippen molar-refractivity contribution in [3.8, 4) is 0 Å². The molecule has 1 aromatic rings. The Kier molecular flexibility index (Phi) is 4.85. The van der Waals surface area contributed by atoms with E-state index >= 15 is 0 Å². The number of rotatable bonds is 3. The molecule has 2 aliphatic rings. The summed E-state index contributed by atoms with van der Waals surface area (Å²) >= 11 is 0. The molecule has 2 fully saturated rings. The summed E-state index contributed by atoms with van der Waals surface area (Å²) in [5, 5.41) is 6.96. The summed E-state index contributed by atoms with van der Waals surface area (Å²) in [6.45, 7) is 8.26. The minimum Gasteiger partial charge on any atom is -0.335 e. The Bertz CT molecular complexity index is 814. The first-order valence-corrected chi connectivity index (χ1v) is 10.8. The van der Waals surface area contributed by atoms with Crippen molar-refractivity contribution in [1.29, 1.82) is 0 Å². The zero-order valence-corrected chi connectivity index (χ0v) is 16.4. The molecule has 2 atom stereocenters. The van der Waals surface area contributed by atoms with Crippen molar-refractivity contribution in [2.24, 2.45) is 5.92 Å². The van der Waals surface area contributed by atoms with Gasteiger partial charge in [-0.05, 0) is 12.0 Å². The molecule has 1 N–H and O–H groups in total. The van der Waals surface area contributed by atoms with Crippen molar-refractivity contribution < 1.29 is 18.0 Å². The summed E-state index contributed by atoms with van der Waals surface area (Å²) in [4.78, 5) is 28.7. The maximum atomic E-state index is 12.9. The molecule has 2 aliphatic heterocycles. The van der Waals surface area contributed by atoms with Crippen molar-refractivity contribution in [3.05, 3.63) is 17.5 Å². The number of amides is 2. The van der Waals surface area contributed by atoms with Crippen molar-refractivity contribution in [1.82, 2.24) is 20.0 Å². The first-order valence-electron chi connectivity index (χ1n) is 8.98. The zero-order valence-electron chi connectivity index (χ0n) is 15.6. The fourth-order valence-electron chi connectivity index (χ4n) is 3.70. The molecule has 0 saturated carbocycles. The minimum atomic E-state index is -3.29. The van der Waals surface area contributed by atoms with Gasteiger partial charge < -0.3 is 9.80 Å². The second-order valence-electron chi connectivity index (χ2n) is 7.76. The summed E-state index contributed by atoms with van der Waals surface area (Å²) in [7, 11) is -3.29. The van der Waals surface area contributed by atoms with Crippen LogP contribution < -0.4 is 0 Å². The molecule has 8 nitrogen and oxygen atoms in total. The largest absolute Gasteiger partial charge is 0.335 e. The molecule has 144 valence electrons. The van der Waals surface area contributed by atoms with Gasteiger partial charge in [0.1, 0.15) is 5.69 Å². The number of nitrogens with zero attached hydrogens (tertiary/aromatic N) is 3. The van der Waals surface area contributed by atoms with E-state index in [1.54, 1.807) is 29.7 Å². The lowest BCUT2D eigenvalue weighted by molar-refractivity contribution is -0.139. The molecule has 3 rings (SSSR count). The standard InChI is InChI=1S/C17H26N4O4S/c1-10(2)12-7-13(19-18-12)17(23)21-6-5-20(16(22)11(3)4)14-8-26(24,25)9-15(14)21/h7,10-11,14-15H,5-6,8-9H2,1-4H3,(H,18,19)/t14-,15+/m1/s1. The Morgan fingerprint density at radius 3 is 2.23 bits per heavy atom. The molecular formula is C17H26N4O4S. The van der Waals surface area contributed by atoms with E-state index < -0.39 is 21.9 Å². The van der Waals surface area contributed by atoms with Crippen LogP contribution in [0.5, 0.6) is 0 Å². The number of piperazine rings is 1. The number of H-pyrrole nitrogens is 1. The predicted molar refractivity (Wildman–Crippen MR) is 96.5 cm³/mol. The van der Waals surface area contributed by atoms with Gasteiger partial charge in [-0.1, -0.05) is 27.7 Å². The van der Waals surface area contributed by atoms with E-state index in [2.05, 4.69) is 10.2 Å². The molecule has 2 amide bonds. The summed E-state index contributed by atoms with van der Waals surface area (Å²) in [5.74, 6) is -0.530. The number of sulfone groups is 1. The first kappa shape index (κ1) is 18.9. The van der Waals surface area contributed by atoms with Crippen LogP contribution in [0.2, 0.25) is 0 Å². The van der Waals surface area contributed by atoms with Gasteiger partial charge >= 0.3 is 0 Å². The number of hydrogen-bond acceptors (Lipinski definition) is 5. The van der Waals surface area contributed by atoms with Crippen LogP contribution in [-0.2, 0) is 14.6 Å². The molecular weight excluding hydrogens is 356 g/mol. The van der Waals surface area contributed by atoms with Gasteiger partial charge in [0.15, 0.2) is 9.84 Å². The molecule has 0 radical (unpaired) electrons. The van der Waals surface area contributed by atoms with Gasteiger partial charge in [-0.25, -0.2) is 8.42 Å². The van der Waals surface area contributed by atoms with Crippen molar-refractivity contribution >= 4 is 21.7 Å². The van der Waals surface area contributed by atoms with E-state index in [9.17, 15) is 18.0 Å². The third-order valence-corrected chi connectivity index (χ3v) is 6.85. The van der Waals surface area contributed by atoms with Crippen molar-refractivity contribution in [2.75, 3.05) is 24.6 Å². The molecule has 0 aromatic carbocycles. The summed E-state index contributed by atoms with van der Waals surface area (Å²) < 4.78 is 24.5. The molecule has 0 spiro atoms. The highest BCUT2D eigenvalue weighted by atomic mass is 32.2. The van der Waals surface area contributed by atoms with Crippen LogP contribution in [0.15, 0.2) is 6.07 Å². The Morgan fingerprint density at radius 2 is 1.69 bits per heavy atom. The third-order valence-electron chi connectivity index (χ3n) is 5.15. The van der Waals surface area contributed by atoms with Crippen LogP contribution in [0.25, 0.3) is 0 Å². The maximum Gasteiger partial charge on any atom is 0.274 e. The number of nitrogens with one attached hydrogen (secondary N) is 1. The van der Waals surface area contributed by atoms with E-state index in [-0.39, 0.29) is 35.2 Å². The van der Waals surface area contributed by atoms with Crippen LogP contribution >= 0.6 is 0 Å². The molecule has 0 unspecified atom stereocenters. The number of carbonyl (C=O) groups excluding carboxylic acids is 2. The number of fused-ring (bicyclic) bond motifs is 1. The van der Waals surface area contributed by atoms with Crippen LogP contribution in [0.3, 0.4) is 0 Å². The van der Waals surface area contributed by atoms with E-state index in [4.69, 9.17) is 0 Å². The van der Waals surface area contributed by atoms with Crippen LogP contribution in [-0.4, -0.2) is 76.9 Å². The van der Waals surface area contributed by atoms with Crippen LogP contribution in [0.4, 0.5) is 0 Å². The lowest BCUT2D eigenvalue weighted by Gasteiger charge is -2.44. The number of aromatic amines is 1. The molecule has 0 bridgehead atoms. The first-order chi connectivity index (χ1) is 12.1. The van der Waals surface area contributed by atoms with Crippen molar-refractivity contribution in [3.63, 3.8) is 0 Å². The molecule has 26 heavy (non-hydrogen) atoms. The van der Waals surface area contributed by atoms with Gasteiger partial charge in [0.25, 0.3) is 5.91 Å². The Labute approximate surface area is 153 Å². The Morgan fingerprint density at radius 1 is 1.12 bits per heavy atom. The van der Waals surface area contributed by atoms with Gasteiger partial charge in [-0.3, -0.25) is 14.7 Å². The normalized spacial score (nSPS) is 25.0. The highest BCUT2D eigenvalue weighted by Gasteiger charge is 2.49. The Balaban J connectivity index is 1.87. The molecule has 2 saturated heterocycles. The van der Waals surface area contributed by atoms with E-state index in [1.807, 2.05) is 13.8 Å². The average molecular weight is 382 g/mol. The van der Waals surface area contributed by atoms with Gasteiger partial charge in [0, 0.05) is 24.7 Å². The topological polar surface area (TPSA) is 103 Å². The number of aromatic nitrogens is 2. The monoisotopic (exact) mass is 382 g/mol. The minimum absolute atomic E-state index is 0.0638. The highest BCUT2D eigenvalue weighted by molar-refractivity contribution is 7.91. The van der Waals surface area contributed by atoms with Crippen molar-refractivity contribution in [2.45, 2.75) is 45.7 Å². The van der Waals surface area contributed by atoms with Gasteiger partial charge in [-0.2, -0.15) is 5.10 Å². The fourth-order valence-corrected chi connectivity index (χ4v) is 5.68. The summed E-state index contributed by atoms with van der Waals surface area (Å²) in [5.41, 5.74) is 1.15. The van der Waals surface area contributed by atoms with Gasteiger partial charge in [-0.15, -0.1) is 0 Å². The zero-order chi connectivity index (χ0) is 19.2. The lowest BCUT2D eigenvalue weighted by atomic mass is 10.0. The summed E-state index contributed by atoms with van der Waals surface area (Å²) in [6, 6.07) is 0.733. The predicted octanol–water partition coefficient (Wildman–Crippen LogP) is 0.639. The van der Waals surface area contributed by atoms with Gasteiger partial charge in [0.2, 0.25) is 5.91 Å². The van der Waals surface area contributed by atoms with Gasteiger partial charge in [0.05, 0.1) is 23.6 Å². The second-order valence-corrected chi connectivity index (χ2v) is 9.91. The third kappa shape index (κ3) is 3.36. The molecule has 3 heterocycles. The lowest BCUT2D eigenvalue weighted by Crippen LogP contribution is -2.62. The van der Waals surface area contributed by atoms with Crippen LogP contribution in [0, 0.1) is 5.92 Å². The highest BCUT2D eigenvalue weighted by Crippen LogP contribution is 2.29. The quantitative estimate of drug-likeness (QED) is 0.826. The fraction of sp³-hybridized carbons (Fsp3) is 0.706. The number of carbonyl (C=O) groups is 2. The second kappa shape index (κ2) is 6.68.